The maximum absolute atomic E-state index is 8.97. The van der Waals surface area contributed by atoms with Gasteiger partial charge < -0.3 is 0 Å². The van der Waals surface area contributed by atoms with Crippen molar-refractivity contribution in [2.24, 2.45) is 0 Å². The molecule has 0 aliphatic heterocycles. The van der Waals surface area contributed by atoms with Crippen LogP contribution in [0.25, 0.3) is 11.1 Å². The molecule has 2 aromatic rings. The Balaban J connectivity index is 2.72. The average Bonchev–Trinajstić information content (AvgIpc) is 2.33. The number of hydrogen-bond donors (Lipinski definition) is 0. The SMILES string of the molecule is Cc1ccncc1-c1cc(C#N)nc(C)c1C. The van der Waals surface area contributed by atoms with Gasteiger partial charge in [-0.3, -0.25) is 4.98 Å². The Bertz CT molecular complexity index is 609. The van der Waals surface area contributed by atoms with Crippen LogP contribution < -0.4 is 0 Å². The monoisotopic (exact) mass is 223 g/mol. The van der Waals surface area contributed by atoms with E-state index in [1.54, 1.807) is 6.20 Å². The molecular weight excluding hydrogens is 210 g/mol. The van der Waals surface area contributed by atoms with Crippen molar-refractivity contribution in [3.8, 4) is 17.2 Å². The van der Waals surface area contributed by atoms with Crippen LogP contribution in [0.4, 0.5) is 0 Å². The molecule has 0 bridgehead atoms. The molecule has 0 saturated carbocycles. The van der Waals surface area contributed by atoms with E-state index in [4.69, 9.17) is 5.26 Å². The van der Waals surface area contributed by atoms with Crippen LogP contribution in [0.1, 0.15) is 22.5 Å². The molecule has 84 valence electrons. The molecule has 17 heavy (non-hydrogen) atoms. The van der Waals surface area contributed by atoms with E-state index in [1.807, 2.05) is 39.1 Å². The standard InChI is InChI=1S/C14H13N3/c1-9-4-5-16-8-14(9)13-6-12(7-15)17-11(3)10(13)2/h4-6,8H,1-3H3. The van der Waals surface area contributed by atoms with Crippen molar-refractivity contribution in [3.05, 3.63) is 47.0 Å². The number of nitrogens with zero attached hydrogens (tertiary/aromatic N) is 3. The highest BCUT2D eigenvalue weighted by molar-refractivity contribution is 5.70. The second-order valence-corrected chi connectivity index (χ2v) is 4.07. The number of hydrogen-bond acceptors (Lipinski definition) is 3. The van der Waals surface area contributed by atoms with Gasteiger partial charge in [-0.25, -0.2) is 4.98 Å². The Morgan fingerprint density at radius 1 is 1.18 bits per heavy atom. The van der Waals surface area contributed by atoms with Crippen LogP contribution in [0, 0.1) is 32.1 Å². The van der Waals surface area contributed by atoms with Crippen LogP contribution in [-0.4, -0.2) is 9.97 Å². The Labute approximate surface area is 101 Å². The first-order valence-electron chi connectivity index (χ1n) is 5.43. The van der Waals surface area contributed by atoms with E-state index in [9.17, 15) is 0 Å². The third kappa shape index (κ3) is 2.02. The molecule has 0 aliphatic rings. The number of aryl methyl sites for hydroxylation is 2. The zero-order valence-corrected chi connectivity index (χ0v) is 10.2. The van der Waals surface area contributed by atoms with Crippen LogP contribution in [0.2, 0.25) is 0 Å². The highest BCUT2D eigenvalue weighted by Crippen LogP contribution is 2.27. The summed E-state index contributed by atoms with van der Waals surface area (Å²) in [5.74, 6) is 0. The van der Waals surface area contributed by atoms with E-state index in [2.05, 4.69) is 16.0 Å². The van der Waals surface area contributed by atoms with Gasteiger partial charge in [-0.15, -0.1) is 0 Å². The molecule has 0 N–H and O–H groups in total. The lowest BCUT2D eigenvalue weighted by Crippen LogP contribution is -1.96. The van der Waals surface area contributed by atoms with E-state index in [0.29, 0.717) is 5.69 Å². The molecule has 2 aromatic heterocycles. The minimum atomic E-state index is 0.450. The molecule has 2 heterocycles. The summed E-state index contributed by atoms with van der Waals surface area (Å²) in [5, 5.41) is 8.97. The van der Waals surface area contributed by atoms with Crippen LogP contribution in [0.5, 0.6) is 0 Å². The lowest BCUT2D eigenvalue weighted by atomic mass is 9.97. The van der Waals surface area contributed by atoms with Gasteiger partial charge in [0.2, 0.25) is 0 Å². The molecule has 2 rings (SSSR count). The average molecular weight is 223 g/mol. The first-order chi connectivity index (χ1) is 8.13. The molecule has 0 amide bonds. The van der Waals surface area contributed by atoms with Crippen LogP contribution in [0.15, 0.2) is 24.5 Å². The predicted molar refractivity (Wildman–Crippen MR) is 66.4 cm³/mol. The predicted octanol–water partition coefficient (Wildman–Crippen LogP) is 2.94. The quantitative estimate of drug-likeness (QED) is 0.746. The van der Waals surface area contributed by atoms with Gasteiger partial charge in [-0.1, -0.05) is 0 Å². The summed E-state index contributed by atoms with van der Waals surface area (Å²) < 4.78 is 0. The molecule has 0 fully saturated rings. The fourth-order valence-corrected chi connectivity index (χ4v) is 1.82. The number of aromatic nitrogens is 2. The van der Waals surface area contributed by atoms with E-state index in [0.717, 1.165) is 27.9 Å². The first-order valence-corrected chi connectivity index (χ1v) is 5.43. The molecule has 0 saturated heterocycles. The summed E-state index contributed by atoms with van der Waals surface area (Å²) >= 11 is 0. The van der Waals surface area contributed by atoms with Gasteiger partial charge in [0.1, 0.15) is 11.8 Å². The number of pyridine rings is 2. The Hall–Kier alpha value is -2.21. The highest BCUT2D eigenvalue weighted by Gasteiger charge is 2.09. The van der Waals surface area contributed by atoms with Crippen molar-refractivity contribution in [3.63, 3.8) is 0 Å². The van der Waals surface area contributed by atoms with Gasteiger partial charge in [0.25, 0.3) is 0 Å². The third-order valence-electron chi connectivity index (χ3n) is 2.96. The maximum Gasteiger partial charge on any atom is 0.141 e. The maximum atomic E-state index is 8.97. The molecule has 0 aromatic carbocycles. The minimum absolute atomic E-state index is 0.450. The number of rotatable bonds is 1. The summed E-state index contributed by atoms with van der Waals surface area (Å²) in [5.41, 5.74) is 5.69. The molecule has 3 nitrogen and oxygen atoms in total. The van der Waals surface area contributed by atoms with E-state index in [-0.39, 0.29) is 0 Å². The molecule has 0 atom stereocenters. The summed E-state index contributed by atoms with van der Waals surface area (Å²) in [6, 6.07) is 5.89. The lowest BCUT2D eigenvalue weighted by Gasteiger charge is -2.10. The molecule has 3 heteroatoms. The molecule has 0 aliphatic carbocycles. The van der Waals surface area contributed by atoms with Crippen LogP contribution in [0.3, 0.4) is 0 Å². The summed E-state index contributed by atoms with van der Waals surface area (Å²) in [4.78, 5) is 8.37. The van der Waals surface area contributed by atoms with E-state index < -0.39 is 0 Å². The van der Waals surface area contributed by atoms with Gasteiger partial charge >= 0.3 is 0 Å². The fourth-order valence-electron chi connectivity index (χ4n) is 1.82. The minimum Gasteiger partial charge on any atom is -0.264 e. The van der Waals surface area contributed by atoms with Crippen LogP contribution >= 0.6 is 0 Å². The molecule has 0 spiro atoms. The zero-order valence-electron chi connectivity index (χ0n) is 10.2. The normalized spacial score (nSPS) is 10.0. The van der Waals surface area contributed by atoms with Gasteiger partial charge in [0, 0.05) is 23.7 Å². The van der Waals surface area contributed by atoms with Crippen molar-refractivity contribution < 1.29 is 0 Å². The molecular formula is C14H13N3. The van der Waals surface area contributed by atoms with E-state index in [1.165, 1.54) is 0 Å². The first kappa shape index (κ1) is 11.3. The second-order valence-electron chi connectivity index (χ2n) is 4.07. The van der Waals surface area contributed by atoms with Gasteiger partial charge in [0.15, 0.2) is 0 Å². The Morgan fingerprint density at radius 2 is 1.94 bits per heavy atom. The summed E-state index contributed by atoms with van der Waals surface area (Å²) in [6.07, 6.45) is 3.60. The van der Waals surface area contributed by atoms with Crippen molar-refractivity contribution in [2.45, 2.75) is 20.8 Å². The van der Waals surface area contributed by atoms with Crippen molar-refractivity contribution in [1.29, 1.82) is 5.26 Å². The van der Waals surface area contributed by atoms with Gasteiger partial charge in [-0.2, -0.15) is 5.26 Å². The van der Waals surface area contributed by atoms with Crippen molar-refractivity contribution in [1.82, 2.24) is 9.97 Å². The molecule has 0 unspecified atom stereocenters. The topological polar surface area (TPSA) is 49.6 Å². The highest BCUT2D eigenvalue weighted by atomic mass is 14.7. The zero-order chi connectivity index (χ0) is 12.4. The third-order valence-corrected chi connectivity index (χ3v) is 2.96. The smallest absolute Gasteiger partial charge is 0.141 e. The summed E-state index contributed by atoms with van der Waals surface area (Å²) in [6.45, 7) is 5.98. The fraction of sp³-hybridized carbons (Fsp3) is 0.214. The van der Waals surface area contributed by atoms with Crippen molar-refractivity contribution in [2.75, 3.05) is 0 Å². The lowest BCUT2D eigenvalue weighted by molar-refractivity contribution is 1.12. The Kier molecular flexibility index (Phi) is 2.88. The number of nitriles is 1. The van der Waals surface area contributed by atoms with E-state index >= 15 is 0 Å². The van der Waals surface area contributed by atoms with Crippen LogP contribution in [-0.2, 0) is 0 Å². The van der Waals surface area contributed by atoms with Crippen molar-refractivity contribution >= 4 is 0 Å². The van der Waals surface area contributed by atoms with Gasteiger partial charge in [-0.05, 0) is 49.6 Å². The second kappa shape index (κ2) is 4.34. The summed E-state index contributed by atoms with van der Waals surface area (Å²) in [7, 11) is 0. The van der Waals surface area contributed by atoms with Gasteiger partial charge in [0.05, 0.1) is 0 Å². The Morgan fingerprint density at radius 3 is 2.59 bits per heavy atom. The largest absolute Gasteiger partial charge is 0.264 e. The molecule has 0 radical (unpaired) electrons.